The number of hydrogen-bond acceptors (Lipinski definition) is 3. The highest BCUT2D eigenvalue weighted by Crippen LogP contribution is 2.38. The Morgan fingerprint density at radius 1 is 1.14 bits per heavy atom. The minimum Gasteiger partial charge on any atom is -0.352 e. The van der Waals surface area contributed by atoms with Crippen molar-refractivity contribution in [2.45, 2.75) is 25.9 Å². The van der Waals surface area contributed by atoms with E-state index in [0.717, 1.165) is 16.8 Å². The van der Waals surface area contributed by atoms with E-state index < -0.39 is 6.04 Å². The number of aromatic nitrogens is 1. The van der Waals surface area contributed by atoms with Crippen LogP contribution in [0.15, 0.2) is 66.9 Å². The van der Waals surface area contributed by atoms with Crippen molar-refractivity contribution >= 4 is 29.1 Å². The van der Waals surface area contributed by atoms with Gasteiger partial charge in [-0.25, -0.2) is 0 Å². The highest BCUT2D eigenvalue weighted by Gasteiger charge is 2.39. The molecule has 6 heteroatoms. The second kappa shape index (κ2) is 8.05. The molecule has 1 aliphatic heterocycles. The molecule has 2 amide bonds. The summed E-state index contributed by atoms with van der Waals surface area (Å²) >= 11 is 6.00. The summed E-state index contributed by atoms with van der Waals surface area (Å²) in [5, 5.41) is 3.54. The lowest BCUT2D eigenvalue weighted by Gasteiger charge is -2.24. The van der Waals surface area contributed by atoms with E-state index in [1.807, 2.05) is 49.4 Å². The van der Waals surface area contributed by atoms with Crippen LogP contribution in [0.25, 0.3) is 0 Å². The summed E-state index contributed by atoms with van der Waals surface area (Å²) in [5.41, 5.74) is 3.96. The standard InChI is InChI=1S/C23H20ClN3O2/c1-15-7-9-18(10-8-15)27-20(22-19(23(27)29)6-3-11-25-22)13-21(28)26-14-16-4-2-5-17(24)12-16/h2-12,20H,13-14H2,1H3,(H,26,28)/t20-/m0/s1. The van der Waals surface area contributed by atoms with E-state index in [1.165, 1.54) is 0 Å². The van der Waals surface area contributed by atoms with Gasteiger partial charge >= 0.3 is 0 Å². The molecule has 1 atom stereocenters. The molecule has 0 fully saturated rings. The Morgan fingerprint density at radius 3 is 2.69 bits per heavy atom. The van der Waals surface area contributed by atoms with Crippen molar-refractivity contribution in [3.63, 3.8) is 0 Å². The number of fused-ring (bicyclic) bond motifs is 1. The Kier molecular flexibility index (Phi) is 5.32. The molecule has 29 heavy (non-hydrogen) atoms. The minimum atomic E-state index is -0.444. The molecular formula is C23H20ClN3O2. The van der Waals surface area contributed by atoms with Gasteiger partial charge in [-0.2, -0.15) is 0 Å². The van der Waals surface area contributed by atoms with Crippen molar-refractivity contribution in [2.75, 3.05) is 4.90 Å². The van der Waals surface area contributed by atoms with Crippen LogP contribution >= 0.6 is 11.6 Å². The quantitative estimate of drug-likeness (QED) is 0.682. The zero-order valence-corrected chi connectivity index (χ0v) is 16.7. The first-order valence-corrected chi connectivity index (χ1v) is 9.77. The van der Waals surface area contributed by atoms with E-state index in [-0.39, 0.29) is 18.2 Å². The molecule has 0 radical (unpaired) electrons. The third kappa shape index (κ3) is 4.00. The number of amides is 2. The molecule has 0 bridgehead atoms. The van der Waals surface area contributed by atoms with Crippen molar-refractivity contribution in [1.82, 2.24) is 10.3 Å². The molecule has 0 saturated carbocycles. The Balaban J connectivity index is 1.56. The van der Waals surface area contributed by atoms with Crippen molar-refractivity contribution < 1.29 is 9.59 Å². The molecule has 2 heterocycles. The number of rotatable bonds is 5. The lowest BCUT2D eigenvalue weighted by atomic mass is 10.1. The van der Waals surface area contributed by atoms with Gasteiger partial charge in [-0.3, -0.25) is 19.5 Å². The van der Waals surface area contributed by atoms with E-state index in [0.29, 0.717) is 22.8 Å². The number of hydrogen-bond donors (Lipinski definition) is 1. The van der Waals surface area contributed by atoms with Gasteiger partial charge in [0, 0.05) is 23.5 Å². The predicted molar refractivity (Wildman–Crippen MR) is 113 cm³/mol. The highest BCUT2D eigenvalue weighted by atomic mass is 35.5. The van der Waals surface area contributed by atoms with Crippen LogP contribution in [0.2, 0.25) is 5.02 Å². The summed E-state index contributed by atoms with van der Waals surface area (Å²) < 4.78 is 0. The van der Waals surface area contributed by atoms with E-state index in [4.69, 9.17) is 11.6 Å². The maximum absolute atomic E-state index is 13.0. The van der Waals surface area contributed by atoms with Crippen molar-refractivity contribution in [3.05, 3.63) is 94.3 Å². The first kappa shape index (κ1) is 19.2. The second-order valence-electron chi connectivity index (χ2n) is 7.07. The van der Waals surface area contributed by atoms with Crippen LogP contribution in [0.4, 0.5) is 5.69 Å². The fraction of sp³-hybridized carbons (Fsp3) is 0.174. The third-order valence-corrected chi connectivity index (χ3v) is 5.22. The molecule has 0 spiro atoms. The van der Waals surface area contributed by atoms with Gasteiger partial charge in [0.05, 0.1) is 23.7 Å². The average molecular weight is 406 g/mol. The van der Waals surface area contributed by atoms with Gasteiger partial charge in [0.2, 0.25) is 5.91 Å². The van der Waals surface area contributed by atoms with Crippen LogP contribution in [0.3, 0.4) is 0 Å². The molecule has 0 unspecified atom stereocenters. The van der Waals surface area contributed by atoms with Gasteiger partial charge in [0.1, 0.15) is 0 Å². The summed E-state index contributed by atoms with van der Waals surface area (Å²) in [6.45, 7) is 2.37. The van der Waals surface area contributed by atoms with Gasteiger partial charge in [-0.15, -0.1) is 0 Å². The number of pyridine rings is 1. The monoisotopic (exact) mass is 405 g/mol. The number of carbonyl (C=O) groups is 2. The average Bonchev–Trinajstić information content (AvgIpc) is 2.99. The summed E-state index contributed by atoms with van der Waals surface area (Å²) in [5.74, 6) is -0.289. The smallest absolute Gasteiger partial charge is 0.260 e. The molecular weight excluding hydrogens is 386 g/mol. The molecule has 146 valence electrons. The largest absolute Gasteiger partial charge is 0.352 e. The maximum Gasteiger partial charge on any atom is 0.260 e. The van der Waals surface area contributed by atoms with Crippen molar-refractivity contribution in [2.24, 2.45) is 0 Å². The minimum absolute atomic E-state index is 0.129. The van der Waals surface area contributed by atoms with Gasteiger partial charge in [-0.05, 0) is 48.9 Å². The highest BCUT2D eigenvalue weighted by molar-refractivity contribution is 6.30. The predicted octanol–water partition coefficient (Wildman–Crippen LogP) is 4.45. The molecule has 1 N–H and O–H groups in total. The fourth-order valence-corrected chi connectivity index (χ4v) is 3.76. The lowest BCUT2D eigenvalue weighted by molar-refractivity contribution is -0.121. The second-order valence-corrected chi connectivity index (χ2v) is 7.51. The number of aryl methyl sites for hydroxylation is 1. The number of halogens is 1. The van der Waals surface area contributed by atoms with E-state index >= 15 is 0 Å². The zero-order valence-electron chi connectivity index (χ0n) is 15.9. The third-order valence-electron chi connectivity index (χ3n) is 4.98. The Bertz CT molecular complexity index is 1070. The fourth-order valence-electron chi connectivity index (χ4n) is 3.54. The van der Waals surface area contributed by atoms with Crippen molar-refractivity contribution in [3.8, 4) is 0 Å². The first-order valence-electron chi connectivity index (χ1n) is 9.39. The van der Waals surface area contributed by atoms with Gasteiger partial charge in [0.15, 0.2) is 0 Å². The number of nitrogens with zero attached hydrogens (tertiary/aromatic N) is 2. The Hall–Kier alpha value is -3.18. The molecule has 3 aromatic rings. The van der Waals surface area contributed by atoms with E-state index in [9.17, 15) is 9.59 Å². The van der Waals surface area contributed by atoms with Crippen LogP contribution in [0.1, 0.15) is 39.6 Å². The Morgan fingerprint density at radius 2 is 1.93 bits per heavy atom. The molecule has 0 aliphatic carbocycles. The first-order chi connectivity index (χ1) is 14.0. The van der Waals surface area contributed by atoms with E-state index in [2.05, 4.69) is 10.3 Å². The number of nitrogens with one attached hydrogen (secondary N) is 1. The zero-order chi connectivity index (χ0) is 20.4. The summed E-state index contributed by atoms with van der Waals surface area (Å²) in [7, 11) is 0. The topological polar surface area (TPSA) is 62.3 Å². The molecule has 1 aliphatic rings. The Labute approximate surface area is 174 Å². The summed E-state index contributed by atoms with van der Waals surface area (Å²) in [6, 6.07) is 18.1. The van der Waals surface area contributed by atoms with Crippen LogP contribution in [0, 0.1) is 6.92 Å². The SMILES string of the molecule is Cc1ccc(N2C(=O)c3cccnc3[C@@H]2CC(=O)NCc2cccc(Cl)c2)cc1. The van der Waals surface area contributed by atoms with E-state index in [1.54, 1.807) is 29.3 Å². The molecule has 2 aromatic carbocycles. The summed E-state index contributed by atoms with van der Waals surface area (Å²) in [4.78, 5) is 31.8. The van der Waals surface area contributed by atoms with Crippen molar-refractivity contribution in [1.29, 1.82) is 0 Å². The van der Waals surface area contributed by atoms with Crippen LogP contribution in [-0.4, -0.2) is 16.8 Å². The van der Waals surface area contributed by atoms with Crippen LogP contribution in [-0.2, 0) is 11.3 Å². The summed E-state index contributed by atoms with van der Waals surface area (Å²) in [6.07, 6.45) is 1.78. The van der Waals surface area contributed by atoms with Crippen LogP contribution in [0.5, 0.6) is 0 Å². The number of carbonyl (C=O) groups excluding carboxylic acids is 2. The molecule has 0 saturated heterocycles. The van der Waals surface area contributed by atoms with Gasteiger partial charge in [0.25, 0.3) is 5.91 Å². The molecule has 5 nitrogen and oxygen atoms in total. The van der Waals surface area contributed by atoms with Gasteiger partial charge in [-0.1, -0.05) is 41.4 Å². The lowest BCUT2D eigenvalue weighted by Crippen LogP contribution is -2.33. The van der Waals surface area contributed by atoms with Crippen LogP contribution < -0.4 is 10.2 Å². The maximum atomic E-state index is 13.0. The normalized spacial score (nSPS) is 15.3. The number of benzene rings is 2. The van der Waals surface area contributed by atoms with Gasteiger partial charge < -0.3 is 5.32 Å². The molecule has 1 aromatic heterocycles. The number of anilines is 1. The molecule has 4 rings (SSSR count).